The molecule has 0 aromatic rings. The van der Waals surface area contributed by atoms with Gasteiger partial charge >= 0.3 is 6.09 Å². The SMILES string of the molecule is CC(C)(C)OC(=O)N1C[C@@H](O)C=C[C@H]1CO[Si](C)(C)C(C)(C)C. The number of ether oxygens (including phenoxy) is 1. The van der Waals surface area contributed by atoms with Gasteiger partial charge in [0.05, 0.1) is 25.3 Å². The van der Waals surface area contributed by atoms with Crippen molar-refractivity contribution in [2.75, 3.05) is 13.2 Å². The van der Waals surface area contributed by atoms with Crippen molar-refractivity contribution in [3.8, 4) is 0 Å². The number of β-amino-alcohol motifs (C(OH)–C–C–N with tert-alkyl or cyclic N) is 1. The molecule has 0 saturated carbocycles. The summed E-state index contributed by atoms with van der Waals surface area (Å²) in [6.07, 6.45) is 2.49. The van der Waals surface area contributed by atoms with E-state index in [1.54, 1.807) is 11.0 Å². The number of rotatable bonds is 3. The van der Waals surface area contributed by atoms with Crippen LogP contribution in [0.5, 0.6) is 0 Å². The van der Waals surface area contributed by atoms with Crippen molar-refractivity contribution in [2.45, 2.75) is 77.4 Å². The van der Waals surface area contributed by atoms with Crippen LogP contribution in [0.2, 0.25) is 18.1 Å². The molecule has 1 aliphatic heterocycles. The molecule has 1 amide bonds. The molecule has 1 aliphatic rings. The van der Waals surface area contributed by atoms with E-state index in [-0.39, 0.29) is 17.6 Å². The summed E-state index contributed by atoms with van der Waals surface area (Å²) in [5, 5.41) is 9.95. The van der Waals surface area contributed by atoms with Crippen LogP contribution in [-0.2, 0) is 9.16 Å². The van der Waals surface area contributed by atoms with Gasteiger partial charge in [0.25, 0.3) is 0 Å². The molecular formula is C17H33NO4Si. The lowest BCUT2D eigenvalue weighted by atomic mass is 10.1. The van der Waals surface area contributed by atoms with Crippen LogP contribution in [-0.4, -0.2) is 55.3 Å². The molecule has 1 N–H and O–H groups in total. The molecule has 23 heavy (non-hydrogen) atoms. The Labute approximate surface area is 141 Å². The van der Waals surface area contributed by atoms with E-state index in [0.29, 0.717) is 6.61 Å². The van der Waals surface area contributed by atoms with Crippen molar-refractivity contribution >= 4 is 14.4 Å². The first kappa shape index (κ1) is 20.2. The number of hydrogen-bond donors (Lipinski definition) is 1. The zero-order chi connectivity index (χ0) is 18.1. The number of carbonyl (C=O) groups is 1. The fraction of sp³-hybridized carbons (Fsp3) is 0.824. The second-order valence-corrected chi connectivity index (χ2v) is 13.5. The van der Waals surface area contributed by atoms with Crippen LogP contribution in [0.4, 0.5) is 4.79 Å². The molecule has 0 bridgehead atoms. The Bertz CT molecular complexity index is 448. The monoisotopic (exact) mass is 343 g/mol. The topological polar surface area (TPSA) is 59.0 Å². The van der Waals surface area contributed by atoms with Gasteiger partial charge in [0.2, 0.25) is 0 Å². The molecule has 0 radical (unpaired) electrons. The molecule has 0 aromatic heterocycles. The van der Waals surface area contributed by atoms with Gasteiger partial charge in [-0.3, -0.25) is 4.90 Å². The second-order valence-electron chi connectivity index (χ2n) is 8.72. The Balaban J connectivity index is 2.81. The maximum Gasteiger partial charge on any atom is 0.410 e. The summed E-state index contributed by atoms with van der Waals surface area (Å²) in [7, 11) is -1.89. The largest absolute Gasteiger partial charge is 0.444 e. The van der Waals surface area contributed by atoms with Crippen molar-refractivity contribution in [1.29, 1.82) is 0 Å². The van der Waals surface area contributed by atoms with Crippen LogP contribution in [0, 0.1) is 0 Å². The Kier molecular flexibility index (Phi) is 6.10. The minimum atomic E-state index is -1.89. The van der Waals surface area contributed by atoms with Crippen LogP contribution >= 0.6 is 0 Å². The highest BCUT2D eigenvalue weighted by atomic mass is 28.4. The normalized spacial score (nSPS) is 23.1. The summed E-state index contributed by atoms with van der Waals surface area (Å²) in [6.45, 7) is 17.1. The highest BCUT2D eigenvalue weighted by molar-refractivity contribution is 6.74. The van der Waals surface area contributed by atoms with Crippen molar-refractivity contribution in [3.63, 3.8) is 0 Å². The zero-order valence-electron chi connectivity index (χ0n) is 15.8. The lowest BCUT2D eigenvalue weighted by Gasteiger charge is -2.40. The molecule has 0 unspecified atom stereocenters. The lowest BCUT2D eigenvalue weighted by Crippen LogP contribution is -2.52. The summed E-state index contributed by atoms with van der Waals surface area (Å²) < 4.78 is 11.7. The molecule has 6 heteroatoms. The molecule has 0 saturated heterocycles. The highest BCUT2D eigenvalue weighted by Crippen LogP contribution is 2.36. The van der Waals surface area contributed by atoms with Gasteiger partial charge in [-0.1, -0.05) is 32.9 Å². The standard InChI is InChI=1S/C17H33NO4Si/c1-16(2,3)22-15(20)18-11-14(19)10-9-13(18)12-21-23(7,8)17(4,5)6/h9-10,13-14,19H,11-12H2,1-8H3/t13-,14-/m0/s1. The maximum absolute atomic E-state index is 12.4. The summed E-state index contributed by atoms with van der Waals surface area (Å²) in [5.41, 5.74) is -0.561. The Morgan fingerprint density at radius 2 is 1.78 bits per heavy atom. The zero-order valence-corrected chi connectivity index (χ0v) is 16.8. The predicted octanol–water partition coefficient (Wildman–Crippen LogP) is 3.54. The molecule has 0 aliphatic carbocycles. The van der Waals surface area contributed by atoms with Gasteiger partial charge in [-0.05, 0) is 38.9 Å². The molecule has 0 fully saturated rings. The van der Waals surface area contributed by atoms with E-state index in [1.165, 1.54) is 0 Å². The second kappa shape index (κ2) is 6.95. The lowest BCUT2D eigenvalue weighted by molar-refractivity contribution is 0.00431. The smallest absolute Gasteiger partial charge is 0.410 e. The van der Waals surface area contributed by atoms with Gasteiger partial charge in [0.1, 0.15) is 5.60 Å². The van der Waals surface area contributed by atoms with Crippen LogP contribution in [0.3, 0.4) is 0 Å². The molecule has 134 valence electrons. The molecular weight excluding hydrogens is 310 g/mol. The number of amides is 1. The van der Waals surface area contributed by atoms with Crippen LogP contribution < -0.4 is 0 Å². The molecule has 0 spiro atoms. The van der Waals surface area contributed by atoms with E-state index in [2.05, 4.69) is 33.9 Å². The first-order valence-corrected chi connectivity index (χ1v) is 11.1. The summed E-state index contributed by atoms with van der Waals surface area (Å²) in [4.78, 5) is 14.0. The molecule has 1 rings (SSSR count). The van der Waals surface area contributed by atoms with Crippen molar-refractivity contribution < 1.29 is 19.1 Å². The van der Waals surface area contributed by atoms with Crippen molar-refractivity contribution in [1.82, 2.24) is 4.90 Å². The Morgan fingerprint density at radius 1 is 1.22 bits per heavy atom. The van der Waals surface area contributed by atoms with Crippen LogP contribution in [0.15, 0.2) is 12.2 Å². The van der Waals surface area contributed by atoms with E-state index in [9.17, 15) is 9.90 Å². The first-order valence-electron chi connectivity index (χ1n) is 8.23. The van der Waals surface area contributed by atoms with E-state index < -0.39 is 26.1 Å². The third-order valence-electron chi connectivity index (χ3n) is 4.39. The van der Waals surface area contributed by atoms with Gasteiger partial charge in [0, 0.05) is 0 Å². The van der Waals surface area contributed by atoms with E-state index in [0.717, 1.165) is 0 Å². The van der Waals surface area contributed by atoms with Gasteiger partial charge in [-0.15, -0.1) is 0 Å². The number of aliphatic hydroxyl groups is 1. The third-order valence-corrected chi connectivity index (χ3v) is 8.89. The van der Waals surface area contributed by atoms with Crippen molar-refractivity contribution in [3.05, 3.63) is 12.2 Å². The molecule has 5 nitrogen and oxygen atoms in total. The Hall–Kier alpha value is -0.853. The summed E-state index contributed by atoms with van der Waals surface area (Å²) in [5.74, 6) is 0. The first-order chi connectivity index (χ1) is 10.2. The van der Waals surface area contributed by atoms with E-state index >= 15 is 0 Å². The molecule has 1 heterocycles. The fourth-order valence-corrected chi connectivity index (χ4v) is 2.96. The summed E-state index contributed by atoms with van der Waals surface area (Å²) in [6, 6.07) is -0.206. The van der Waals surface area contributed by atoms with Gasteiger partial charge in [0.15, 0.2) is 8.32 Å². The van der Waals surface area contributed by atoms with Crippen LogP contribution in [0.25, 0.3) is 0 Å². The average molecular weight is 344 g/mol. The third kappa shape index (κ3) is 5.93. The molecule has 0 aromatic carbocycles. The number of aliphatic hydroxyl groups excluding tert-OH is 1. The quantitative estimate of drug-likeness (QED) is 0.629. The minimum absolute atomic E-state index is 0.113. The van der Waals surface area contributed by atoms with Gasteiger partial charge < -0.3 is 14.3 Å². The Morgan fingerprint density at radius 3 is 2.26 bits per heavy atom. The van der Waals surface area contributed by atoms with Gasteiger partial charge in [-0.25, -0.2) is 4.79 Å². The highest BCUT2D eigenvalue weighted by Gasteiger charge is 2.39. The van der Waals surface area contributed by atoms with E-state index in [4.69, 9.17) is 9.16 Å². The van der Waals surface area contributed by atoms with Crippen LogP contribution in [0.1, 0.15) is 41.5 Å². The summed E-state index contributed by atoms with van der Waals surface area (Å²) >= 11 is 0. The van der Waals surface area contributed by atoms with Gasteiger partial charge in [-0.2, -0.15) is 0 Å². The number of nitrogens with zero attached hydrogens (tertiary/aromatic N) is 1. The average Bonchev–Trinajstić information content (AvgIpc) is 2.33. The van der Waals surface area contributed by atoms with Crippen molar-refractivity contribution in [2.24, 2.45) is 0 Å². The predicted molar refractivity (Wildman–Crippen MR) is 95.0 cm³/mol. The fourth-order valence-electron chi connectivity index (χ4n) is 1.94. The minimum Gasteiger partial charge on any atom is -0.444 e. The maximum atomic E-state index is 12.4. The van der Waals surface area contributed by atoms with E-state index in [1.807, 2.05) is 26.8 Å². The number of hydrogen-bond acceptors (Lipinski definition) is 4. The number of carbonyl (C=O) groups excluding carboxylic acids is 1. The molecule has 2 atom stereocenters.